The standard InChI is InChI=1S/C4H5NO/c1-2-3-4(5)6/h2-3H,1H3. The minimum atomic E-state index is -0.891. The summed E-state index contributed by atoms with van der Waals surface area (Å²) in [4.78, 5) is 9.51. The molecule has 2 radical (unpaired) electrons. The first-order valence-corrected chi connectivity index (χ1v) is 1.63. The van der Waals surface area contributed by atoms with Gasteiger partial charge in [0.05, 0.1) is 0 Å². The number of carbonyl (C=O) groups excluding carboxylic acids is 1. The van der Waals surface area contributed by atoms with Gasteiger partial charge in [-0.2, -0.15) is 0 Å². The van der Waals surface area contributed by atoms with Gasteiger partial charge in [0.1, 0.15) is 0 Å². The predicted octanol–water partition coefficient (Wildman–Crippen LogP) is 0.158. The summed E-state index contributed by atoms with van der Waals surface area (Å²) in [5.41, 5.74) is 7.83. The summed E-state index contributed by atoms with van der Waals surface area (Å²) in [6.07, 6.45) is 2.56. The van der Waals surface area contributed by atoms with Crippen molar-refractivity contribution in [3.05, 3.63) is 12.2 Å². The van der Waals surface area contributed by atoms with Crippen molar-refractivity contribution < 1.29 is 4.79 Å². The van der Waals surface area contributed by atoms with E-state index in [0.717, 1.165) is 6.08 Å². The van der Waals surface area contributed by atoms with E-state index in [1.807, 2.05) is 0 Å². The smallest absolute Gasteiger partial charge is 0.266 e. The van der Waals surface area contributed by atoms with E-state index in [9.17, 15) is 4.79 Å². The van der Waals surface area contributed by atoms with Gasteiger partial charge in [-0.25, -0.2) is 0 Å². The summed E-state index contributed by atoms with van der Waals surface area (Å²) < 4.78 is 0. The molecule has 0 saturated heterocycles. The van der Waals surface area contributed by atoms with Crippen molar-refractivity contribution in [2.75, 3.05) is 0 Å². The Labute approximate surface area is 36.6 Å². The molecule has 0 aromatic heterocycles. The van der Waals surface area contributed by atoms with E-state index in [4.69, 9.17) is 5.73 Å². The average molecular weight is 83.1 g/mol. The number of hydrogen-bond acceptors (Lipinski definition) is 1. The van der Waals surface area contributed by atoms with Crippen LogP contribution >= 0.6 is 0 Å². The third-order valence-electron chi connectivity index (χ3n) is 0.309. The highest BCUT2D eigenvalue weighted by atomic mass is 16.1. The molecular weight excluding hydrogens is 78.0 g/mol. The van der Waals surface area contributed by atoms with Gasteiger partial charge < -0.3 is 0 Å². The number of allylic oxidation sites excluding steroid dienone is 1. The quantitative estimate of drug-likeness (QED) is 0.416. The van der Waals surface area contributed by atoms with Crippen molar-refractivity contribution >= 4 is 5.91 Å². The third-order valence-corrected chi connectivity index (χ3v) is 0.309. The SMILES string of the molecule is CC=CC([N])=O. The molecule has 0 fully saturated rings. The van der Waals surface area contributed by atoms with E-state index >= 15 is 0 Å². The molecule has 0 aliphatic carbocycles. The monoisotopic (exact) mass is 83.0 g/mol. The van der Waals surface area contributed by atoms with E-state index in [2.05, 4.69) is 0 Å². The van der Waals surface area contributed by atoms with Crippen molar-refractivity contribution in [3.63, 3.8) is 0 Å². The van der Waals surface area contributed by atoms with Gasteiger partial charge in [-0.15, -0.1) is 5.73 Å². The van der Waals surface area contributed by atoms with Crippen LogP contribution in [0.1, 0.15) is 6.92 Å². The highest BCUT2D eigenvalue weighted by molar-refractivity contribution is 5.84. The summed E-state index contributed by atoms with van der Waals surface area (Å²) in [7, 11) is 0. The maximum atomic E-state index is 9.51. The van der Waals surface area contributed by atoms with Crippen molar-refractivity contribution in [1.82, 2.24) is 5.73 Å². The predicted molar refractivity (Wildman–Crippen MR) is 22.0 cm³/mol. The second-order valence-electron chi connectivity index (χ2n) is 0.838. The molecule has 0 atom stereocenters. The Balaban J connectivity index is 3.30. The molecule has 6 heavy (non-hydrogen) atoms. The molecular formula is C4H5NO. The molecule has 0 rings (SSSR count). The van der Waals surface area contributed by atoms with Crippen LogP contribution in [-0.4, -0.2) is 5.91 Å². The topological polar surface area (TPSA) is 39.4 Å². The van der Waals surface area contributed by atoms with E-state index in [0.29, 0.717) is 0 Å². The fraction of sp³-hybridized carbons (Fsp3) is 0.250. The van der Waals surface area contributed by atoms with Crippen molar-refractivity contribution in [3.8, 4) is 0 Å². The first-order chi connectivity index (χ1) is 2.77. The molecule has 0 heterocycles. The van der Waals surface area contributed by atoms with Crippen molar-refractivity contribution in [2.24, 2.45) is 0 Å². The van der Waals surface area contributed by atoms with Crippen LogP contribution in [0.4, 0.5) is 0 Å². The molecule has 2 heteroatoms. The van der Waals surface area contributed by atoms with E-state index < -0.39 is 5.91 Å². The molecule has 0 unspecified atom stereocenters. The maximum absolute atomic E-state index is 9.51. The van der Waals surface area contributed by atoms with Gasteiger partial charge in [0.25, 0.3) is 5.91 Å². The molecule has 1 amide bonds. The van der Waals surface area contributed by atoms with Crippen LogP contribution < -0.4 is 5.73 Å². The second kappa shape index (κ2) is 2.45. The van der Waals surface area contributed by atoms with Crippen LogP contribution in [0.15, 0.2) is 12.2 Å². The zero-order valence-electron chi connectivity index (χ0n) is 3.51. The Bertz CT molecular complexity index is 75.6. The van der Waals surface area contributed by atoms with Gasteiger partial charge in [0.2, 0.25) is 0 Å². The van der Waals surface area contributed by atoms with Gasteiger partial charge in [-0.05, 0) is 6.92 Å². The maximum Gasteiger partial charge on any atom is 0.288 e. The van der Waals surface area contributed by atoms with Crippen LogP contribution in [0, 0.1) is 0 Å². The van der Waals surface area contributed by atoms with Gasteiger partial charge in [-0.1, -0.05) is 6.08 Å². The summed E-state index contributed by atoms with van der Waals surface area (Å²) in [6.45, 7) is 1.66. The lowest BCUT2D eigenvalue weighted by Gasteiger charge is -1.64. The number of hydrogen-bond donors (Lipinski definition) is 0. The molecule has 0 N–H and O–H groups in total. The zero-order chi connectivity index (χ0) is 4.99. The van der Waals surface area contributed by atoms with E-state index in [1.54, 1.807) is 6.92 Å². The summed E-state index contributed by atoms with van der Waals surface area (Å²) in [5.74, 6) is -0.891. The van der Waals surface area contributed by atoms with Crippen LogP contribution in [-0.2, 0) is 4.79 Å². The van der Waals surface area contributed by atoms with Gasteiger partial charge in [-0.3, -0.25) is 4.79 Å². The highest BCUT2D eigenvalue weighted by Gasteiger charge is 1.78. The van der Waals surface area contributed by atoms with E-state index in [-0.39, 0.29) is 0 Å². The van der Waals surface area contributed by atoms with E-state index in [1.165, 1.54) is 6.08 Å². The normalized spacial score (nSPS) is 9.50. The van der Waals surface area contributed by atoms with Gasteiger partial charge >= 0.3 is 0 Å². The van der Waals surface area contributed by atoms with Gasteiger partial charge in [0.15, 0.2) is 0 Å². The Morgan fingerprint density at radius 3 is 2.33 bits per heavy atom. The molecule has 0 bridgehead atoms. The molecule has 32 valence electrons. The molecule has 0 saturated carbocycles. The number of rotatable bonds is 1. The molecule has 0 aromatic carbocycles. The summed E-state index contributed by atoms with van der Waals surface area (Å²) >= 11 is 0. The Kier molecular flexibility index (Phi) is 2.13. The minimum absolute atomic E-state index is 0.891. The van der Waals surface area contributed by atoms with Crippen LogP contribution in [0.3, 0.4) is 0 Å². The molecule has 0 aliphatic rings. The molecule has 0 spiro atoms. The van der Waals surface area contributed by atoms with Gasteiger partial charge in [0, 0.05) is 6.08 Å². The zero-order valence-corrected chi connectivity index (χ0v) is 3.51. The van der Waals surface area contributed by atoms with Crippen molar-refractivity contribution in [2.45, 2.75) is 6.92 Å². The lowest BCUT2D eigenvalue weighted by atomic mass is 10.5. The Morgan fingerprint density at radius 2 is 2.33 bits per heavy atom. The minimum Gasteiger partial charge on any atom is -0.266 e. The van der Waals surface area contributed by atoms with Crippen LogP contribution in [0.25, 0.3) is 0 Å². The van der Waals surface area contributed by atoms with Crippen LogP contribution in [0.2, 0.25) is 0 Å². The molecule has 2 nitrogen and oxygen atoms in total. The number of amides is 1. The fourth-order valence-corrected chi connectivity index (χ4v) is 0.143. The average Bonchev–Trinajstić information content (AvgIpc) is 1.35. The lowest BCUT2D eigenvalue weighted by molar-refractivity contribution is -0.114. The second-order valence-corrected chi connectivity index (χ2v) is 0.838. The lowest BCUT2D eigenvalue weighted by Crippen LogP contribution is -1.87. The molecule has 0 aliphatic heterocycles. The Morgan fingerprint density at radius 1 is 1.83 bits per heavy atom. The fourth-order valence-electron chi connectivity index (χ4n) is 0.143. The largest absolute Gasteiger partial charge is 0.288 e. The summed E-state index contributed by atoms with van der Waals surface area (Å²) in [5, 5.41) is 0. The first-order valence-electron chi connectivity index (χ1n) is 1.63. The third kappa shape index (κ3) is 3.21. The van der Waals surface area contributed by atoms with Crippen LogP contribution in [0.5, 0.6) is 0 Å². The molecule has 0 aromatic rings. The highest BCUT2D eigenvalue weighted by Crippen LogP contribution is 1.64. The van der Waals surface area contributed by atoms with Crippen molar-refractivity contribution in [1.29, 1.82) is 0 Å². The number of nitrogens with zero attached hydrogens (tertiary/aromatic N) is 1. The Hall–Kier alpha value is -0.790. The number of carbonyl (C=O) groups is 1. The first kappa shape index (κ1) is 5.21. The summed E-state index contributed by atoms with van der Waals surface area (Å²) in [6, 6.07) is 0.